The average Bonchev–Trinajstić information content (AvgIpc) is 3.14. The van der Waals surface area contributed by atoms with E-state index in [0.29, 0.717) is 22.1 Å². The molecule has 5 N–H and O–H groups in total. The second-order valence-corrected chi connectivity index (χ2v) is 8.43. The summed E-state index contributed by atoms with van der Waals surface area (Å²) in [5.41, 5.74) is 6.67. The number of imidazole rings is 1. The summed E-state index contributed by atoms with van der Waals surface area (Å²) in [4.78, 5) is 22.5. The van der Waals surface area contributed by atoms with Crippen LogP contribution in [-0.4, -0.2) is 79.5 Å². The highest BCUT2D eigenvalue weighted by atomic mass is 32.2. The summed E-state index contributed by atoms with van der Waals surface area (Å²) in [7, 11) is 2.05. The molecule has 2 unspecified atom stereocenters. The van der Waals surface area contributed by atoms with E-state index < -0.39 is 32.4 Å². The molecule has 26 heavy (non-hydrogen) atoms. The molecule has 2 fully saturated rings. The highest BCUT2D eigenvalue weighted by Crippen LogP contribution is 2.58. The van der Waals surface area contributed by atoms with Crippen molar-refractivity contribution in [3.63, 3.8) is 0 Å². The predicted molar refractivity (Wildman–Crippen MR) is 93.2 cm³/mol. The standard InChI is InChI=1S/C12H16BN5O6PS/c13-25(21)22-3-5-8(24-25)7(20)11(23-5)18-4-15-6-9(14)16-12(17-10(6)18)26-2-1-19/h4-5,7-8,11,19-21H,1-3H2,(H2,14,16,17)/q+1/t5-,7?,8+,11-,25?/m1/s1. The SMILES string of the molecule is [B][P+]1(O)OC[C@H]2O[C@@H](n3cnc4c(N)nc(SCCO)nc43)C(O)[C@H]2O1. The van der Waals surface area contributed by atoms with Crippen molar-refractivity contribution >= 4 is 44.1 Å². The zero-order chi connectivity index (χ0) is 18.5. The lowest BCUT2D eigenvalue weighted by Crippen LogP contribution is -2.40. The lowest BCUT2D eigenvalue weighted by molar-refractivity contribution is -0.0603. The van der Waals surface area contributed by atoms with Crippen molar-refractivity contribution < 1.29 is 28.9 Å². The second kappa shape index (κ2) is 6.84. The smallest absolute Gasteiger partial charge is 0.396 e. The van der Waals surface area contributed by atoms with Gasteiger partial charge in [0.2, 0.25) is 0 Å². The van der Waals surface area contributed by atoms with Gasteiger partial charge in [0.25, 0.3) is 0 Å². The Hall–Kier alpha value is -1.05. The van der Waals surface area contributed by atoms with Gasteiger partial charge in [-0.3, -0.25) is 4.57 Å². The van der Waals surface area contributed by atoms with Gasteiger partial charge < -0.3 is 20.7 Å². The van der Waals surface area contributed by atoms with Crippen LogP contribution in [0, 0.1) is 0 Å². The van der Waals surface area contributed by atoms with Crippen molar-refractivity contribution in [2.45, 2.75) is 29.7 Å². The third-order valence-corrected chi connectivity index (χ3v) is 5.92. The molecule has 2 saturated heterocycles. The maximum Gasteiger partial charge on any atom is 0.488 e. The van der Waals surface area contributed by atoms with Crippen LogP contribution in [-0.2, 0) is 13.8 Å². The molecule has 2 radical (unpaired) electrons. The zero-order valence-corrected chi connectivity index (χ0v) is 15.1. The number of anilines is 1. The van der Waals surface area contributed by atoms with Gasteiger partial charge in [0.15, 0.2) is 29.0 Å². The topological polar surface area (TPSA) is 158 Å². The highest BCUT2D eigenvalue weighted by molar-refractivity contribution is 7.99. The number of nitrogen functional groups attached to an aromatic ring is 1. The minimum absolute atomic E-state index is 0.000356. The van der Waals surface area contributed by atoms with Gasteiger partial charge in [-0.1, -0.05) is 11.8 Å². The fraction of sp³-hybridized carbons (Fsp3) is 0.583. The Morgan fingerprint density at radius 3 is 3.04 bits per heavy atom. The maximum atomic E-state index is 10.6. The summed E-state index contributed by atoms with van der Waals surface area (Å²) in [6, 6.07) is 0. The van der Waals surface area contributed by atoms with Crippen LogP contribution < -0.4 is 5.73 Å². The first-order valence-corrected chi connectivity index (χ1v) is 10.3. The Bertz CT molecular complexity index is 827. The highest BCUT2D eigenvalue weighted by Gasteiger charge is 2.56. The first-order chi connectivity index (χ1) is 12.4. The first kappa shape index (κ1) is 18.3. The molecule has 0 amide bonds. The Kier molecular flexibility index (Phi) is 4.82. The summed E-state index contributed by atoms with van der Waals surface area (Å²) in [6.07, 6.45) is -2.00. The summed E-state index contributed by atoms with van der Waals surface area (Å²) >= 11 is 1.24. The number of rotatable bonds is 4. The van der Waals surface area contributed by atoms with E-state index in [4.69, 9.17) is 32.2 Å². The number of nitrogens with zero attached hydrogens (tertiary/aromatic N) is 4. The van der Waals surface area contributed by atoms with Crippen LogP contribution >= 0.6 is 19.6 Å². The molecule has 5 atom stereocenters. The normalized spacial score (nSPS) is 34.3. The number of aromatic nitrogens is 4. The molecule has 2 aromatic heterocycles. The van der Waals surface area contributed by atoms with E-state index in [0.717, 1.165) is 0 Å². The monoisotopic (exact) mass is 400 g/mol. The van der Waals surface area contributed by atoms with E-state index in [1.807, 2.05) is 0 Å². The van der Waals surface area contributed by atoms with Crippen LogP contribution in [0.2, 0.25) is 0 Å². The molecule has 0 bridgehead atoms. The van der Waals surface area contributed by atoms with Gasteiger partial charge >= 0.3 is 15.4 Å². The summed E-state index contributed by atoms with van der Waals surface area (Å²) in [5, 5.41) is 19.9. The number of nitrogens with two attached hydrogens (primary N) is 1. The first-order valence-electron chi connectivity index (χ1n) is 7.70. The minimum Gasteiger partial charge on any atom is -0.396 e. The van der Waals surface area contributed by atoms with Crippen molar-refractivity contribution in [3.05, 3.63) is 6.33 Å². The van der Waals surface area contributed by atoms with Gasteiger partial charge in [0.1, 0.15) is 24.3 Å². The van der Waals surface area contributed by atoms with Crippen molar-refractivity contribution in [1.82, 2.24) is 19.5 Å². The van der Waals surface area contributed by atoms with Crippen molar-refractivity contribution in [2.75, 3.05) is 24.7 Å². The fourth-order valence-corrected chi connectivity index (χ4v) is 4.52. The van der Waals surface area contributed by atoms with Crippen LogP contribution in [0.25, 0.3) is 11.2 Å². The van der Waals surface area contributed by atoms with Gasteiger partial charge in [0, 0.05) is 5.75 Å². The molecule has 2 aromatic rings. The van der Waals surface area contributed by atoms with Gasteiger partial charge in [-0.25, -0.2) is 19.8 Å². The Morgan fingerprint density at radius 1 is 1.46 bits per heavy atom. The summed E-state index contributed by atoms with van der Waals surface area (Å²) < 4.78 is 17.7. The van der Waals surface area contributed by atoms with Crippen molar-refractivity contribution in [3.8, 4) is 0 Å². The minimum atomic E-state index is -3.46. The summed E-state index contributed by atoms with van der Waals surface area (Å²) in [5.74, 6) is 0.594. The number of fused-ring (bicyclic) bond motifs is 2. The van der Waals surface area contributed by atoms with E-state index in [9.17, 15) is 10.00 Å². The van der Waals surface area contributed by atoms with Crippen LogP contribution in [0.5, 0.6) is 0 Å². The van der Waals surface area contributed by atoms with E-state index in [1.54, 1.807) is 0 Å². The number of aliphatic hydroxyl groups is 2. The predicted octanol–water partition coefficient (Wildman–Crippen LogP) is -0.995. The quantitative estimate of drug-likeness (QED) is 0.216. The lowest BCUT2D eigenvalue weighted by atomic mass is 10.1. The van der Waals surface area contributed by atoms with Gasteiger partial charge in [-0.15, -0.1) is 0 Å². The molecule has 14 heteroatoms. The average molecular weight is 400 g/mol. The van der Waals surface area contributed by atoms with Gasteiger partial charge in [-0.05, 0) is 0 Å². The Labute approximate surface area is 153 Å². The third-order valence-electron chi connectivity index (χ3n) is 4.03. The zero-order valence-electron chi connectivity index (χ0n) is 13.4. The van der Waals surface area contributed by atoms with E-state index >= 15 is 0 Å². The molecule has 0 spiro atoms. The van der Waals surface area contributed by atoms with E-state index in [2.05, 4.69) is 15.0 Å². The largest absolute Gasteiger partial charge is 0.488 e. The van der Waals surface area contributed by atoms with Gasteiger partial charge in [-0.2, -0.15) is 9.05 Å². The maximum absolute atomic E-state index is 10.6. The van der Waals surface area contributed by atoms with E-state index in [1.165, 1.54) is 22.7 Å². The van der Waals surface area contributed by atoms with Crippen molar-refractivity contribution in [1.29, 1.82) is 0 Å². The van der Waals surface area contributed by atoms with Crippen LogP contribution in [0.1, 0.15) is 6.23 Å². The molecule has 0 aromatic carbocycles. The Balaban J connectivity index is 1.67. The van der Waals surface area contributed by atoms with Crippen LogP contribution in [0.4, 0.5) is 5.82 Å². The number of hydrogen-bond acceptors (Lipinski definition) is 11. The molecule has 4 rings (SSSR count). The molecule has 0 aliphatic carbocycles. The van der Waals surface area contributed by atoms with Crippen molar-refractivity contribution in [2.24, 2.45) is 0 Å². The Morgan fingerprint density at radius 2 is 2.27 bits per heavy atom. The van der Waals surface area contributed by atoms with Crippen LogP contribution in [0.15, 0.2) is 11.5 Å². The van der Waals surface area contributed by atoms with Crippen LogP contribution in [0.3, 0.4) is 0 Å². The molecule has 138 valence electrons. The molecular formula is C12H16BN5O6PS+. The lowest BCUT2D eigenvalue weighted by Gasteiger charge is -2.27. The second-order valence-electron chi connectivity index (χ2n) is 5.77. The number of ether oxygens (including phenoxy) is 1. The molecule has 2 aliphatic rings. The number of hydrogen-bond donors (Lipinski definition) is 4. The molecule has 4 heterocycles. The number of aliphatic hydroxyl groups excluding tert-OH is 2. The summed E-state index contributed by atoms with van der Waals surface area (Å²) in [6.45, 7) is -0.0259. The molecule has 2 aliphatic heterocycles. The third kappa shape index (κ3) is 3.18. The van der Waals surface area contributed by atoms with E-state index in [-0.39, 0.29) is 19.0 Å². The van der Waals surface area contributed by atoms with Gasteiger partial charge in [0.05, 0.1) is 12.9 Å². The fourth-order valence-electron chi connectivity index (χ4n) is 2.90. The molecular weight excluding hydrogens is 384 g/mol. The molecule has 0 saturated carbocycles. The molecule has 11 nitrogen and oxygen atoms in total. The number of thioether (sulfide) groups is 1.